The molecule has 1 spiro atoms. The van der Waals surface area contributed by atoms with E-state index in [0.29, 0.717) is 22.7 Å². The second-order valence-electron chi connectivity index (χ2n) is 9.36. The Balaban J connectivity index is 1.33. The third-order valence-corrected chi connectivity index (χ3v) is 8.03. The third kappa shape index (κ3) is 2.77. The normalized spacial score (nSPS) is 31.9. The maximum atomic E-state index is 12.8. The lowest BCUT2D eigenvalue weighted by molar-refractivity contribution is -0.118. The summed E-state index contributed by atoms with van der Waals surface area (Å²) >= 11 is 5.94. The molecule has 2 aliphatic carbocycles. The van der Waals surface area contributed by atoms with Crippen molar-refractivity contribution >= 4 is 23.6 Å². The average Bonchev–Trinajstić information content (AvgIpc) is 3.14. The number of carbonyl (C=O) groups is 1. The molecule has 1 unspecified atom stereocenters. The van der Waals surface area contributed by atoms with Crippen molar-refractivity contribution in [3.05, 3.63) is 76.3 Å². The van der Waals surface area contributed by atoms with E-state index in [1.54, 1.807) is 30.4 Å². The number of hydrogen-bond acceptors (Lipinski definition) is 4. The van der Waals surface area contributed by atoms with Crippen LogP contribution in [-0.2, 0) is 16.6 Å². The van der Waals surface area contributed by atoms with E-state index in [4.69, 9.17) is 16.3 Å². The Morgan fingerprint density at radius 2 is 2.06 bits per heavy atom. The molecular formula is C26H25ClN2O3. The fraction of sp³-hybridized carbons (Fsp3) is 0.346. The third-order valence-electron chi connectivity index (χ3n) is 7.78. The number of halogens is 1. The smallest absolute Gasteiger partial charge is 0.244 e. The number of nitrogens with one attached hydrogen (secondary N) is 1. The first kappa shape index (κ1) is 19.9. The number of aromatic hydroxyl groups is 1. The van der Waals surface area contributed by atoms with E-state index in [1.807, 2.05) is 18.2 Å². The molecule has 2 bridgehead atoms. The van der Waals surface area contributed by atoms with Gasteiger partial charge in [-0.2, -0.15) is 0 Å². The van der Waals surface area contributed by atoms with Crippen molar-refractivity contribution in [1.29, 1.82) is 0 Å². The zero-order valence-corrected chi connectivity index (χ0v) is 18.5. The van der Waals surface area contributed by atoms with E-state index in [0.717, 1.165) is 30.5 Å². The number of likely N-dealkylation sites (N-methyl/N-ethyl adjacent to an activating group) is 1. The Kier molecular flexibility index (Phi) is 4.43. The molecule has 1 saturated heterocycles. The zero-order chi connectivity index (χ0) is 22.0. The largest absolute Gasteiger partial charge is 0.504 e. The van der Waals surface area contributed by atoms with Gasteiger partial charge in [-0.05, 0) is 61.8 Å². The first-order valence-corrected chi connectivity index (χ1v) is 11.5. The molecule has 164 valence electrons. The fourth-order valence-electron chi connectivity index (χ4n) is 6.35. The van der Waals surface area contributed by atoms with Crippen LogP contribution < -0.4 is 10.1 Å². The second-order valence-corrected chi connectivity index (χ2v) is 9.80. The van der Waals surface area contributed by atoms with E-state index in [9.17, 15) is 9.90 Å². The van der Waals surface area contributed by atoms with Gasteiger partial charge in [0.1, 0.15) is 6.10 Å². The number of nitrogens with zero attached hydrogens (tertiary/aromatic N) is 1. The Labute approximate surface area is 192 Å². The van der Waals surface area contributed by atoms with Crippen LogP contribution in [0.5, 0.6) is 11.5 Å². The van der Waals surface area contributed by atoms with Crippen LogP contribution >= 0.6 is 11.6 Å². The lowest BCUT2D eigenvalue weighted by atomic mass is 9.53. The van der Waals surface area contributed by atoms with Crippen molar-refractivity contribution in [2.24, 2.45) is 5.92 Å². The molecule has 5 atom stereocenters. The molecule has 32 heavy (non-hydrogen) atoms. The molecule has 0 aromatic heterocycles. The highest BCUT2D eigenvalue weighted by atomic mass is 35.5. The maximum Gasteiger partial charge on any atom is 0.244 e. The number of ether oxygens (including phenoxy) is 1. The molecule has 0 saturated carbocycles. The van der Waals surface area contributed by atoms with Crippen molar-refractivity contribution in [2.45, 2.75) is 36.4 Å². The van der Waals surface area contributed by atoms with Crippen LogP contribution in [0.3, 0.4) is 0 Å². The molecule has 6 heteroatoms. The number of phenolic OH excluding ortho intramolecular Hbond substituents is 1. The number of rotatable bonds is 3. The zero-order valence-electron chi connectivity index (χ0n) is 17.8. The van der Waals surface area contributed by atoms with E-state index < -0.39 is 0 Å². The minimum atomic E-state index is -0.268. The van der Waals surface area contributed by atoms with Crippen LogP contribution in [0.2, 0.25) is 5.02 Å². The molecule has 2 heterocycles. The summed E-state index contributed by atoms with van der Waals surface area (Å²) in [6, 6.07) is 11.3. The average molecular weight is 449 g/mol. The first-order chi connectivity index (χ1) is 15.5. The van der Waals surface area contributed by atoms with E-state index in [2.05, 4.69) is 29.4 Å². The van der Waals surface area contributed by atoms with Gasteiger partial charge < -0.3 is 20.1 Å². The summed E-state index contributed by atoms with van der Waals surface area (Å²) in [6.45, 7) is 0.973. The lowest BCUT2D eigenvalue weighted by Gasteiger charge is -2.57. The Bertz CT molecular complexity index is 1160. The van der Waals surface area contributed by atoms with Gasteiger partial charge in [-0.15, -0.1) is 0 Å². The van der Waals surface area contributed by atoms with E-state index in [1.165, 1.54) is 5.56 Å². The van der Waals surface area contributed by atoms with Gasteiger partial charge in [0.05, 0.1) is 6.04 Å². The number of phenols is 1. The van der Waals surface area contributed by atoms with Crippen LogP contribution in [-0.4, -0.2) is 47.7 Å². The summed E-state index contributed by atoms with van der Waals surface area (Å²) in [4.78, 5) is 15.2. The quantitative estimate of drug-likeness (QED) is 0.555. The Morgan fingerprint density at radius 3 is 2.88 bits per heavy atom. The molecule has 2 aromatic carbocycles. The van der Waals surface area contributed by atoms with Gasteiger partial charge in [0, 0.05) is 34.0 Å². The first-order valence-electron chi connectivity index (χ1n) is 11.1. The highest BCUT2D eigenvalue weighted by Gasteiger charge is 2.64. The van der Waals surface area contributed by atoms with Gasteiger partial charge >= 0.3 is 0 Å². The van der Waals surface area contributed by atoms with Crippen molar-refractivity contribution in [1.82, 2.24) is 10.2 Å². The van der Waals surface area contributed by atoms with Crippen molar-refractivity contribution < 1.29 is 14.6 Å². The summed E-state index contributed by atoms with van der Waals surface area (Å²) in [6.07, 6.45) is 9.34. The lowest BCUT2D eigenvalue weighted by Crippen LogP contribution is -2.66. The molecule has 5 nitrogen and oxygen atoms in total. The predicted molar refractivity (Wildman–Crippen MR) is 124 cm³/mol. The number of likely N-dealkylation sites (tertiary alicyclic amines) is 1. The summed E-state index contributed by atoms with van der Waals surface area (Å²) < 4.78 is 6.46. The fourth-order valence-corrected chi connectivity index (χ4v) is 6.47. The van der Waals surface area contributed by atoms with Crippen LogP contribution in [0.4, 0.5) is 0 Å². The Morgan fingerprint density at radius 1 is 1.25 bits per heavy atom. The van der Waals surface area contributed by atoms with Crippen LogP contribution in [0, 0.1) is 5.92 Å². The SMILES string of the molecule is CN1CC[C@]23c4c5ccc(O)c4O[C@H]2[C@H](NC(=O)/C=C/c2ccc(Cl)cc2)C=CC3[C@H]1C5. The number of carbonyl (C=O) groups excluding carboxylic acids is 1. The molecule has 1 fully saturated rings. The van der Waals surface area contributed by atoms with Gasteiger partial charge in [-0.3, -0.25) is 4.79 Å². The highest BCUT2D eigenvalue weighted by Crippen LogP contribution is 2.62. The van der Waals surface area contributed by atoms with Crippen LogP contribution in [0.1, 0.15) is 23.1 Å². The molecular weight excluding hydrogens is 424 g/mol. The van der Waals surface area contributed by atoms with Crippen LogP contribution in [0.25, 0.3) is 6.08 Å². The van der Waals surface area contributed by atoms with Gasteiger partial charge in [-0.25, -0.2) is 0 Å². The monoisotopic (exact) mass is 448 g/mol. The van der Waals surface area contributed by atoms with Gasteiger partial charge in [0.25, 0.3) is 0 Å². The van der Waals surface area contributed by atoms with Crippen molar-refractivity contribution in [3.63, 3.8) is 0 Å². The molecule has 2 N–H and O–H groups in total. The minimum absolute atomic E-state index is 0.172. The highest BCUT2D eigenvalue weighted by molar-refractivity contribution is 6.30. The predicted octanol–water partition coefficient (Wildman–Crippen LogP) is 3.69. The molecule has 0 radical (unpaired) electrons. The van der Waals surface area contributed by atoms with Crippen LogP contribution in [0.15, 0.2) is 54.6 Å². The number of piperidine rings is 1. The standard InChI is InChI=1S/C26H25ClN2O3/c1-29-13-12-26-18-8-9-19(28-22(31)11-4-15-2-6-17(27)7-3-15)25(26)32-24-21(30)10-5-16(23(24)26)14-20(18)29/h2-11,18-20,25,30H,12-14H2,1H3,(H,28,31)/b11-4+/t18?,19-,20-,25+,26+/m1/s1. The number of hydrogen-bond donors (Lipinski definition) is 2. The van der Waals surface area contributed by atoms with Gasteiger partial charge in [0.15, 0.2) is 11.5 Å². The van der Waals surface area contributed by atoms with Gasteiger partial charge in [0.2, 0.25) is 5.91 Å². The van der Waals surface area contributed by atoms with Crippen molar-refractivity contribution in [3.8, 4) is 11.5 Å². The number of amides is 1. The molecule has 2 aliphatic heterocycles. The molecule has 2 aromatic rings. The number of benzene rings is 2. The van der Waals surface area contributed by atoms with Gasteiger partial charge in [-0.1, -0.05) is 42.0 Å². The molecule has 4 aliphatic rings. The second kappa shape index (κ2) is 7.12. The maximum absolute atomic E-state index is 12.8. The summed E-state index contributed by atoms with van der Waals surface area (Å²) in [5.41, 5.74) is 3.12. The van der Waals surface area contributed by atoms with E-state index >= 15 is 0 Å². The van der Waals surface area contributed by atoms with E-state index in [-0.39, 0.29) is 29.2 Å². The summed E-state index contributed by atoms with van der Waals surface area (Å²) in [5, 5.41) is 14.4. The topological polar surface area (TPSA) is 61.8 Å². The molecule has 6 rings (SSSR count). The Hall–Kier alpha value is -2.76. The molecule has 1 amide bonds. The van der Waals surface area contributed by atoms with Crippen molar-refractivity contribution in [2.75, 3.05) is 13.6 Å². The summed E-state index contributed by atoms with van der Waals surface area (Å²) in [7, 11) is 2.19. The summed E-state index contributed by atoms with van der Waals surface area (Å²) in [5.74, 6) is 0.935. The minimum Gasteiger partial charge on any atom is -0.504 e.